The Morgan fingerprint density at radius 3 is 2.36 bits per heavy atom. The van der Waals surface area contributed by atoms with Crippen molar-refractivity contribution in [2.75, 3.05) is 5.75 Å². The van der Waals surface area contributed by atoms with Crippen molar-refractivity contribution in [3.05, 3.63) is 18.0 Å². The van der Waals surface area contributed by atoms with Crippen LogP contribution >= 0.6 is 0 Å². The maximum Gasteiger partial charge on any atom is 0.253 e. The van der Waals surface area contributed by atoms with Crippen LogP contribution in [0.25, 0.3) is 0 Å². The van der Waals surface area contributed by atoms with E-state index in [0.717, 1.165) is 9.78 Å². The first-order valence-electron chi connectivity index (χ1n) is 4.57. The van der Waals surface area contributed by atoms with Crippen LogP contribution in [0.3, 0.4) is 0 Å². The number of hydrogen-bond acceptors (Lipinski definition) is 3. The van der Waals surface area contributed by atoms with Crippen LogP contribution in [-0.2, 0) is 15.4 Å². The SMILES string of the molecule is CCS(=O)(=O)n1ccc(C(C)(C)C)n1. The second-order valence-corrected chi connectivity index (χ2v) is 6.34. The topological polar surface area (TPSA) is 52.0 Å². The van der Waals surface area contributed by atoms with Crippen molar-refractivity contribution in [1.29, 1.82) is 0 Å². The van der Waals surface area contributed by atoms with Gasteiger partial charge in [-0.1, -0.05) is 20.8 Å². The van der Waals surface area contributed by atoms with Crippen molar-refractivity contribution in [3.63, 3.8) is 0 Å². The Kier molecular flexibility index (Phi) is 2.71. The molecule has 1 rings (SSSR count). The van der Waals surface area contributed by atoms with E-state index in [1.165, 1.54) is 6.20 Å². The third-order valence-electron chi connectivity index (χ3n) is 1.98. The summed E-state index contributed by atoms with van der Waals surface area (Å²) >= 11 is 0. The van der Waals surface area contributed by atoms with E-state index in [1.807, 2.05) is 20.8 Å². The molecule has 1 aromatic rings. The predicted octanol–water partition coefficient (Wildman–Crippen LogP) is 1.38. The van der Waals surface area contributed by atoms with E-state index in [1.54, 1.807) is 13.0 Å². The molecule has 0 aliphatic carbocycles. The average molecular weight is 216 g/mol. The molecule has 5 heteroatoms. The Morgan fingerprint density at radius 1 is 1.43 bits per heavy atom. The second-order valence-electron chi connectivity index (χ2n) is 4.22. The van der Waals surface area contributed by atoms with Gasteiger partial charge in [-0.25, -0.2) is 8.42 Å². The molecule has 0 fully saturated rings. The molecule has 0 atom stereocenters. The molecule has 1 aromatic heterocycles. The van der Waals surface area contributed by atoms with E-state index in [-0.39, 0.29) is 11.2 Å². The zero-order chi connectivity index (χ0) is 11.0. The van der Waals surface area contributed by atoms with Crippen molar-refractivity contribution in [2.45, 2.75) is 33.1 Å². The summed E-state index contributed by atoms with van der Waals surface area (Å²) < 4.78 is 23.9. The van der Waals surface area contributed by atoms with Gasteiger partial charge < -0.3 is 0 Å². The quantitative estimate of drug-likeness (QED) is 0.750. The van der Waals surface area contributed by atoms with E-state index in [0.29, 0.717) is 0 Å². The van der Waals surface area contributed by atoms with Crippen LogP contribution < -0.4 is 0 Å². The Bertz CT molecular complexity index is 412. The van der Waals surface area contributed by atoms with Crippen LogP contribution in [0.5, 0.6) is 0 Å². The zero-order valence-electron chi connectivity index (χ0n) is 8.98. The van der Waals surface area contributed by atoms with Crippen LogP contribution in [0.4, 0.5) is 0 Å². The molecular formula is C9H16N2O2S. The van der Waals surface area contributed by atoms with Gasteiger partial charge in [0.1, 0.15) is 0 Å². The molecule has 0 bridgehead atoms. The van der Waals surface area contributed by atoms with Gasteiger partial charge in [0.05, 0.1) is 11.4 Å². The van der Waals surface area contributed by atoms with Crippen LogP contribution in [0.2, 0.25) is 0 Å². The summed E-state index contributed by atoms with van der Waals surface area (Å²) in [7, 11) is -3.23. The molecule has 0 unspecified atom stereocenters. The fraction of sp³-hybridized carbons (Fsp3) is 0.667. The van der Waals surface area contributed by atoms with Crippen molar-refractivity contribution in [1.82, 2.24) is 9.19 Å². The molecule has 0 aromatic carbocycles. The third kappa shape index (κ3) is 2.15. The van der Waals surface area contributed by atoms with Crippen LogP contribution in [0.15, 0.2) is 12.3 Å². The van der Waals surface area contributed by atoms with Crippen molar-refractivity contribution < 1.29 is 8.42 Å². The van der Waals surface area contributed by atoms with Crippen molar-refractivity contribution in [3.8, 4) is 0 Å². The highest BCUT2D eigenvalue weighted by molar-refractivity contribution is 7.89. The van der Waals surface area contributed by atoms with Crippen LogP contribution in [0, 0.1) is 0 Å². The van der Waals surface area contributed by atoms with E-state index >= 15 is 0 Å². The highest BCUT2D eigenvalue weighted by Gasteiger charge is 2.19. The monoisotopic (exact) mass is 216 g/mol. The van der Waals surface area contributed by atoms with E-state index in [4.69, 9.17) is 0 Å². The third-order valence-corrected chi connectivity index (χ3v) is 3.49. The van der Waals surface area contributed by atoms with Gasteiger partial charge in [-0.3, -0.25) is 0 Å². The Balaban J connectivity index is 3.13. The highest BCUT2D eigenvalue weighted by atomic mass is 32.2. The largest absolute Gasteiger partial charge is 0.253 e. The van der Waals surface area contributed by atoms with Gasteiger partial charge in [0.15, 0.2) is 0 Å². The van der Waals surface area contributed by atoms with Gasteiger partial charge in [-0.05, 0) is 13.0 Å². The summed E-state index contributed by atoms with van der Waals surface area (Å²) in [5.74, 6) is 0.0677. The van der Waals surface area contributed by atoms with Gasteiger partial charge >= 0.3 is 0 Å². The molecule has 0 saturated heterocycles. The lowest BCUT2D eigenvalue weighted by molar-refractivity contribution is 0.553. The summed E-state index contributed by atoms with van der Waals surface area (Å²) in [6.45, 7) is 7.60. The zero-order valence-corrected chi connectivity index (χ0v) is 9.80. The molecule has 14 heavy (non-hydrogen) atoms. The number of aromatic nitrogens is 2. The fourth-order valence-electron chi connectivity index (χ4n) is 0.994. The minimum absolute atomic E-state index is 0.0677. The van der Waals surface area contributed by atoms with E-state index < -0.39 is 10.0 Å². The minimum atomic E-state index is -3.23. The van der Waals surface area contributed by atoms with Crippen LogP contribution in [-0.4, -0.2) is 23.4 Å². The first kappa shape index (κ1) is 11.2. The van der Waals surface area contributed by atoms with Gasteiger partial charge in [0, 0.05) is 11.6 Å². The summed E-state index contributed by atoms with van der Waals surface area (Å²) in [4.78, 5) is 0. The lowest BCUT2D eigenvalue weighted by atomic mass is 9.93. The molecule has 4 nitrogen and oxygen atoms in total. The normalized spacial score (nSPS) is 13.1. The number of rotatable bonds is 2. The number of nitrogens with zero attached hydrogens (tertiary/aromatic N) is 2. The van der Waals surface area contributed by atoms with Gasteiger partial charge in [-0.2, -0.15) is 9.19 Å². The predicted molar refractivity (Wildman–Crippen MR) is 55.8 cm³/mol. The first-order chi connectivity index (χ1) is 6.27. The summed E-state index contributed by atoms with van der Waals surface area (Å²) in [6.07, 6.45) is 1.50. The molecule has 1 heterocycles. The van der Waals surface area contributed by atoms with Gasteiger partial charge in [0.25, 0.3) is 10.0 Å². The molecule has 80 valence electrons. The maximum atomic E-state index is 11.4. The minimum Gasteiger partial charge on any atom is -0.205 e. The Hall–Kier alpha value is -0.840. The highest BCUT2D eigenvalue weighted by Crippen LogP contribution is 2.19. The standard InChI is InChI=1S/C9H16N2O2S/c1-5-14(12,13)11-7-6-8(10-11)9(2,3)4/h6-7H,5H2,1-4H3. The van der Waals surface area contributed by atoms with Crippen LogP contribution in [0.1, 0.15) is 33.4 Å². The van der Waals surface area contributed by atoms with Gasteiger partial charge in [0.2, 0.25) is 0 Å². The molecule has 0 saturated carbocycles. The lowest BCUT2D eigenvalue weighted by Crippen LogP contribution is -2.18. The Morgan fingerprint density at radius 2 is 2.00 bits per heavy atom. The van der Waals surface area contributed by atoms with Crippen molar-refractivity contribution >= 4 is 10.0 Å². The molecule has 0 aliphatic heterocycles. The Labute approximate surface area is 85.0 Å². The molecule has 0 amide bonds. The molecule has 0 radical (unpaired) electrons. The molecule has 0 spiro atoms. The second kappa shape index (κ2) is 3.38. The average Bonchev–Trinajstić information content (AvgIpc) is 2.51. The molecule has 0 N–H and O–H groups in total. The maximum absolute atomic E-state index is 11.4. The smallest absolute Gasteiger partial charge is 0.205 e. The van der Waals surface area contributed by atoms with E-state index in [9.17, 15) is 8.42 Å². The summed E-state index contributed by atoms with van der Waals surface area (Å²) in [6, 6.07) is 1.74. The molecule has 0 aliphatic rings. The molecular weight excluding hydrogens is 200 g/mol. The lowest BCUT2D eigenvalue weighted by Gasteiger charge is -2.14. The summed E-state index contributed by atoms with van der Waals surface area (Å²) in [5, 5.41) is 4.05. The number of hydrogen-bond donors (Lipinski definition) is 0. The first-order valence-corrected chi connectivity index (χ1v) is 6.17. The van der Waals surface area contributed by atoms with Crippen molar-refractivity contribution in [2.24, 2.45) is 0 Å². The van der Waals surface area contributed by atoms with E-state index in [2.05, 4.69) is 5.10 Å². The van der Waals surface area contributed by atoms with Gasteiger partial charge in [-0.15, -0.1) is 0 Å². The fourth-order valence-corrected chi connectivity index (χ4v) is 1.72. The summed E-state index contributed by atoms with van der Waals surface area (Å²) in [5.41, 5.74) is 0.670.